The molecule has 24 heavy (non-hydrogen) atoms. The summed E-state index contributed by atoms with van der Waals surface area (Å²) in [6, 6.07) is 12.0. The molecule has 5 heteroatoms. The summed E-state index contributed by atoms with van der Waals surface area (Å²) in [6.45, 7) is 4.56. The fourth-order valence-electron chi connectivity index (χ4n) is 2.89. The maximum absolute atomic E-state index is 5.47. The average molecular weight is 325 g/mol. The van der Waals surface area contributed by atoms with Crippen LogP contribution in [-0.4, -0.2) is 26.3 Å². The summed E-state index contributed by atoms with van der Waals surface area (Å²) in [6.07, 6.45) is 1.88. The van der Waals surface area contributed by atoms with E-state index in [-0.39, 0.29) is 0 Å². The average Bonchev–Trinajstić information content (AvgIpc) is 2.99. The van der Waals surface area contributed by atoms with E-state index in [4.69, 9.17) is 14.2 Å². The van der Waals surface area contributed by atoms with Crippen LogP contribution < -0.4 is 18.8 Å². The molecule has 1 aromatic heterocycles. The zero-order valence-corrected chi connectivity index (χ0v) is 14.1. The Morgan fingerprint density at radius 3 is 2.29 bits per heavy atom. The van der Waals surface area contributed by atoms with Gasteiger partial charge in [-0.3, -0.25) is 0 Å². The van der Waals surface area contributed by atoms with Gasteiger partial charge in [-0.05, 0) is 24.3 Å². The zero-order chi connectivity index (χ0) is 17.1. The van der Waals surface area contributed by atoms with E-state index in [1.165, 1.54) is 0 Å². The van der Waals surface area contributed by atoms with Crippen LogP contribution in [-0.2, 0) is 6.54 Å². The number of hydrogen-bond acceptors (Lipinski definition) is 3. The molecule has 0 spiro atoms. The number of hydrogen-bond donors (Lipinski definition) is 1. The third kappa shape index (κ3) is 2.58. The fraction of sp³-hybridized carbons (Fsp3) is 0.211. The first-order chi connectivity index (χ1) is 11.7. The number of para-hydroxylation sites is 2. The van der Waals surface area contributed by atoms with Gasteiger partial charge in [0.2, 0.25) is 5.75 Å². The first-order valence-corrected chi connectivity index (χ1v) is 7.65. The predicted octanol–water partition coefficient (Wildman–Crippen LogP) is 3.33. The van der Waals surface area contributed by atoms with Gasteiger partial charge < -0.3 is 14.2 Å². The van der Waals surface area contributed by atoms with Gasteiger partial charge in [-0.15, -0.1) is 0 Å². The smallest absolute Gasteiger partial charge is 0.288 e. The van der Waals surface area contributed by atoms with Crippen molar-refractivity contribution in [3.8, 4) is 28.6 Å². The highest BCUT2D eigenvalue weighted by Crippen LogP contribution is 2.40. The van der Waals surface area contributed by atoms with Crippen molar-refractivity contribution in [3.05, 3.63) is 49.1 Å². The van der Waals surface area contributed by atoms with E-state index in [0.717, 1.165) is 22.4 Å². The topological polar surface area (TPSA) is 47.4 Å². The number of allylic oxidation sites excluding steroid dienone is 1. The lowest BCUT2D eigenvalue weighted by atomic mass is 10.1. The van der Waals surface area contributed by atoms with Crippen LogP contribution in [0.15, 0.2) is 49.1 Å². The van der Waals surface area contributed by atoms with E-state index in [2.05, 4.69) is 28.3 Å². The van der Waals surface area contributed by atoms with Gasteiger partial charge in [0.1, 0.15) is 6.54 Å². The number of aromatic amines is 1. The number of H-pyrrole nitrogens is 1. The number of nitrogens with zero attached hydrogens (tertiary/aromatic N) is 1. The minimum atomic E-state index is 0.579. The molecule has 1 N–H and O–H groups in total. The summed E-state index contributed by atoms with van der Waals surface area (Å²) in [7, 11) is 4.83. The largest absolute Gasteiger partial charge is 0.493 e. The molecule has 0 aliphatic heterocycles. The van der Waals surface area contributed by atoms with Crippen molar-refractivity contribution in [2.24, 2.45) is 0 Å². The van der Waals surface area contributed by atoms with Gasteiger partial charge in [-0.25, -0.2) is 9.55 Å². The van der Waals surface area contributed by atoms with E-state index in [1.54, 1.807) is 21.3 Å². The molecule has 3 rings (SSSR count). The Kier molecular flexibility index (Phi) is 4.42. The molecular weight excluding hydrogens is 304 g/mol. The molecule has 0 fully saturated rings. The molecule has 0 saturated heterocycles. The van der Waals surface area contributed by atoms with Crippen LogP contribution in [0.1, 0.15) is 0 Å². The van der Waals surface area contributed by atoms with Crippen molar-refractivity contribution < 1.29 is 18.8 Å². The number of ether oxygens (including phenoxy) is 3. The quantitative estimate of drug-likeness (QED) is 0.558. The molecule has 0 amide bonds. The molecule has 2 aromatic carbocycles. The molecule has 0 aliphatic carbocycles. The standard InChI is InChI=1S/C19H20N2O3/c1-5-10-21-15-9-7-6-8-14(15)20-19(21)13-11-16(22-2)18(24-4)17(12-13)23-3/h5-9,11-12H,1,10H2,2-4H3/p+1. The number of nitrogens with one attached hydrogen (secondary N) is 1. The number of fused-ring (bicyclic) bond motifs is 1. The van der Waals surface area contributed by atoms with Gasteiger partial charge in [0.25, 0.3) is 5.82 Å². The van der Waals surface area contributed by atoms with Crippen LogP contribution in [0.5, 0.6) is 17.2 Å². The first-order valence-electron chi connectivity index (χ1n) is 7.65. The van der Waals surface area contributed by atoms with Gasteiger partial charge in [0, 0.05) is 0 Å². The lowest BCUT2D eigenvalue weighted by Gasteiger charge is -2.13. The molecule has 3 aromatic rings. The molecule has 0 unspecified atom stereocenters. The second-order valence-corrected chi connectivity index (χ2v) is 5.30. The summed E-state index contributed by atoms with van der Waals surface area (Å²) in [4.78, 5) is 3.47. The third-order valence-corrected chi connectivity index (χ3v) is 3.97. The van der Waals surface area contributed by atoms with Crippen LogP contribution >= 0.6 is 0 Å². The van der Waals surface area contributed by atoms with Crippen molar-refractivity contribution >= 4 is 11.0 Å². The second-order valence-electron chi connectivity index (χ2n) is 5.30. The van der Waals surface area contributed by atoms with Crippen LogP contribution in [0.2, 0.25) is 0 Å². The highest BCUT2D eigenvalue weighted by atomic mass is 16.5. The van der Waals surface area contributed by atoms with Gasteiger partial charge in [-0.2, -0.15) is 0 Å². The predicted molar refractivity (Wildman–Crippen MR) is 93.8 cm³/mol. The lowest BCUT2D eigenvalue weighted by Crippen LogP contribution is -2.33. The van der Waals surface area contributed by atoms with Gasteiger partial charge >= 0.3 is 0 Å². The van der Waals surface area contributed by atoms with Crippen molar-refractivity contribution in [2.75, 3.05) is 21.3 Å². The molecule has 1 heterocycles. The maximum atomic E-state index is 5.47. The third-order valence-electron chi connectivity index (χ3n) is 3.97. The van der Waals surface area contributed by atoms with Crippen LogP contribution in [0.3, 0.4) is 0 Å². The van der Waals surface area contributed by atoms with Crippen LogP contribution in [0.4, 0.5) is 0 Å². The molecular formula is C19H21N2O3+. The summed E-state index contributed by atoms with van der Waals surface area (Å²) >= 11 is 0. The SMILES string of the molecule is C=CC[n+]1c(-c2cc(OC)c(OC)c(OC)c2)[nH]c2ccccc21. The van der Waals surface area contributed by atoms with Crippen molar-refractivity contribution in [3.63, 3.8) is 0 Å². The van der Waals surface area contributed by atoms with E-state index < -0.39 is 0 Å². The second kappa shape index (κ2) is 6.66. The van der Waals surface area contributed by atoms with E-state index in [1.807, 2.05) is 30.3 Å². The first kappa shape index (κ1) is 15.9. The number of rotatable bonds is 6. The molecule has 0 radical (unpaired) electrons. The highest BCUT2D eigenvalue weighted by molar-refractivity contribution is 5.76. The molecule has 0 saturated carbocycles. The normalized spacial score (nSPS) is 10.6. The Hall–Kier alpha value is -2.95. The lowest BCUT2D eigenvalue weighted by molar-refractivity contribution is -0.649. The van der Waals surface area contributed by atoms with Crippen molar-refractivity contribution in [2.45, 2.75) is 6.54 Å². The number of benzene rings is 2. The summed E-state index contributed by atoms with van der Waals surface area (Å²) in [5.41, 5.74) is 3.12. The van der Waals surface area contributed by atoms with Crippen LogP contribution in [0.25, 0.3) is 22.4 Å². The molecule has 5 nitrogen and oxygen atoms in total. The Balaban J connectivity index is 2.27. The number of imidazole rings is 1. The monoisotopic (exact) mass is 325 g/mol. The molecule has 0 bridgehead atoms. The van der Waals surface area contributed by atoms with E-state index in [0.29, 0.717) is 23.8 Å². The summed E-state index contributed by atoms with van der Waals surface area (Å²) in [5.74, 6) is 2.77. The fourth-order valence-corrected chi connectivity index (χ4v) is 2.89. The zero-order valence-electron chi connectivity index (χ0n) is 14.1. The maximum Gasteiger partial charge on any atom is 0.288 e. The molecule has 124 valence electrons. The van der Waals surface area contributed by atoms with E-state index in [9.17, 15) is 0 Å². The molecule has 0 atom stereocenters. The summed E-state index contributed by atoms with van der Waals surface area (Å²) in [5, 5.41) is 0. The van der Waals surface area contributed by atoms with Gasteiger partial charge in [0.05, 0.1) is 26.9 Å². The van der Waals surface area contributed by atoms with Crippen LogP contribution in [0, 0.1) is 0 Å². The molecule has 0 aliphatic rings. The van der Waals surface area contributed by atoms with E-state index >= 15 is 0 Å². The Morgan fingerprint density at radius 1 is 1.04 bits per heavy atom. The number of methoxy groups -OCH3 is 3. The number of aromatic nitrogens is 2. The summed E-state index contributed by atoms with van der Waals surface area (Å²) < 4.78 is 18.5. The highest BCUT2D eigenvalue weighted by Gasteiger charge is 2.23. The minimum Gasteiger partial charge on any atom is -0.493 e. The Labute approximate surface area is 141 Å². The minimum absolute atomic E-state index is 0.579. The Bertz CT molecular complexity index is 858. The van der Waals surface area contributed by atoms with Crippen molar-refractivity contribution in [1.82, 2.24) is 4.98 Å². The Morgan fingerprint density at radius 2 is 1.71 bits per heavy atom. The van der Waals surface area contributed by atoms with Gasteiger partial charge in [-0.1, -0.05) is 24.8 Å². The van der Waals surface area contributed by atoms with Gasteiger partial charge in [0.15, 0.2) is 22.5 Å². The van der Waals surface area contributed by atoms with Crippen molar-refractivity contribution in [1.29, 1.82) is 0 Å².